The van der Waals surface area contributed by atoms with Gasteiger partial charge in [0.1, 0.15) is 0 Å². The molecular weight excluding hydrogens is 310 g/mol. The molecule has 3 atom stereocenters. The largest absolute Gasteiger partial charge is 0.454 e. The maximum Gasteiger partial charge on any atom is 0.231 e. The van der Waals surface area contributed by atoms with Crippen LogP contribution < -0.4 is 14.8 Å². The van der Waals surface area contributed by atoms with Gasteiger partial charge in [-0.3, -0.25) is 0 Å². The zero-order valence-corrected chi connectivity index (χ0v) is 14.7. The Balaban J connectivity index is 1.79. The normalized spacial score (nSPS) is 35.3. The molecule has 1 saturated carbocycles. The lowest BCUT2D eigenvalue weighted by atomic mass is 9.68. The molecule has 5 heteroatoms. The Bertz CT molecular complexity index is 596. The van der Waals surface area contributed by atoms with Crippen molar-refractivity contribution in [2.45, 2.75) is 49.0 Å². The first-order valence-corrected chi connectivity index (χ1v) is 9.53. The highest BCUT2D eigenvalue weighted by Gasteiger charge is 2.59. The van der Waals surface area contributed by atoms with Gasteiger partial charge in [0.2, 0.25) is 6.79 Å². The number of benzene rings is 1. The van der Waals surface area contributed by atoms with Crippen LogP contribution in [0.2, 0.25) is 0 Å². The quantitative estimate of drug-likeness (QED) is 0.914. The van der Waals surface area contributed by atoms with Gasteiger partial charge in [-0.1, -0.05) is 13.0 Å². The van der Waals surface area contributed by atoms with Gasteiger partial charge in [0.05, 0.1) is 11.6 Å². The average Bonchev–Trinajstić information content (AvgIpc) is 3.18. The summed E-state index contributed by atoms with van der Waals surface area (Å²) < 4.78 is 17.1. The minimum Gasteiger partial charge on any atom is -0.454 e. The molecule has 0 radical (unpaired) electrons. The van der Waals surface area contributed by atoms with E-state index in [9.17, 15) is 0 Å². The molecule has 23 heavy (non-hydrogen) atoms. The lowest BCUT2D eigenvalue weighted by Crippen LogP contribution is -2.57. The van der Waals surface area contributed by atoms with Crippen molar-refractivity contribution in [2.24, 2.45) is 0 Å². The van der Waals surface area contributed by atoms with Crippen LogP contribution in [0.4, 0.5) is 0 Å². The maximum absolute atomic E-state index is 5.76. The fourth-order valence-corrected chi connectivity index (χ4v) is 6.26. The number of hydrogen-bond donors (Lipinski definition) is 1. The number of nitrogens with one attached hydrogen (secondary N) is 1. The van der Waals surface area contributed by atoms with Crippen molar-refractivity contribution in [2.75, 3.05) is 26.2 Å². The molecule has 2 aliphatic heterocycles. The Morgan fingerprint density at radius 2 is 2.17 bits per heavy atom. The minimum absolute atomic E-state index is 0.0341. The summed E-state index contributed by atoms with van der Waals surface area (Å²) in [5, 5.41) is 3.87. The molecule has 1 saturated heterocycles. The molecule has 1 aliphatic carbocycles. The van der Waals surface area contributed by atoms with Gasteiger partial charge in [-0.15, -0.1) is 0 Å². The van der Waals surface area contributed by atoms with Gasteiger partial charge in [-0.2, -0.15) is 11.8 Å². The summed E-state index contributed by atoms with van der Waals surface area (Å²) in [4.78, 5) is 0. The molecule has 3 aliphatic rings. The van der Waals surface area contributed by atoms with Crippen LogP contribution in [0.3, 0.4) is 0 Å². The molecule has 0 aromatic heterocycles. The molecule has 2 fully saturated rings. The lowest BCUT2D eigenvalue weighted by molar-refractivity contribution is 0.0249. The number of fused-ring (bicyclic) bond motifs is 2. The third-order valence-corrected chi connectivity index (χ3v) is 7.35. The van der Waals surface area contributed by atoms with E-state index in [-0.39, 0.29) is 10.3 Å². The van der Waals surface area contributed by atoms with Gasteiger partial charge < -0.3 is 19.5 Å². The van der Waals surface area contributed by atoms with Gasteiger partial charge in [-0.05, 0) is 55.7 Å². The van der Waals surface area contributed by atoms with Crippen molar-refractivity contribution in [3.05, 3.63) is 23.8 Å². The predicted molar refractivity (Wildman–Crippen MR) is 92.4 cm³/mol. The average molecular weight is 335 g/mol. The van der Waals surface area contributed by atoms with Crippen LogP contribution in [0, 0.1) is 0 Å². The van der Waals surface area contributed by atoms with E-state index in [1.807, 2.05) is 7.11 Å². The molecule has 0 bridgehead atoms. The molecule has 1 aromatic carbocycles. The highest BCUT2D eigenvalue weighted by molar-refractivity contribution is 8.00. The standard InChI is InChI=1S/C18H25NO3S/c1-3-23-17-7-6-14(20-2)11-18(17,19-9-8-17)13-4-5-15-16(10-13)22-12-21-15/h4-5,10,14,19H,3,6-9,11-12H2,1-2H3/t14-,17-,18-/m1/s1. The van der Waals surface area contributed by atoms with E-state index < -0.39 is 0 Å². The summed E-state index contributed by atoms with van der Waals surface area (Å²) in [6, 6.07) is 6.46. The third-order valence-electron chi connectivity index (χ3n) is 5.76. The number of hydrogen-bond acceptors (Lipinski definition) is 5. The van der Waals surface area contributed by atoms with Gasteiger partial charge >= 0.3 is 0 Å². The molecule has 1 N–H and O–H groups in total. The van der Waals surface area contributed by atoms with Crippen LogP contribution in [0.1, 0.15) is 38.2 Å². The second-order valence-electron chi connectivity index (χ2n) is 6.68. The van der Waals surface area contributed by atoms with E-state index in [2.05, 4.69) is 42.2 Å². The molecule has 0 unspecified atom stereocenters. The molecule has 4 rings (SSSR count). The Kier molecular flexibility index (Phi) is 3.98. The SMILES string of the molecule is CCS[C@]12CCN[C@@]1(c1ccc3c(c1)OCO3)C[C@H](OC)CC2. The lowest BCUT2D eigenvalue weighted by Gasteiger charge is -2.51. The molecule has 2 heterocycles. The van der Waals surface area contributed by atoms with Crippen molar-refractivity contribution in [1.82, 2.24) is 5.32 Å². The second-order valence-corrected chi connectivity index (χ2v) is 8.33. The van der Waals surface area contributed by atoms with Crippen LogP contribution >= 0.6 is 11.8 Å². The monoisotopic (exact) mass is 335 g/mol. The summed E-state index contributed by atoms with van der Waals surface area (Å²) in [7, 11) is 1.84. The highest BCUT2D eigenvalue weighted by Crippen LogP contribution is 2.57. The van der Waals surface area contributed by atoms with Crippen LogP contribution in [0.15, 0.2) is 18.2 Å². The predicted octanol–water partition coefficient (Wildman–Crippen LogP) is 3.29. The molecule has 1 aromatic rings. The minimum atomic E-state index is -0.0341. The number of thioether (sulfide) groups is 1. The van der Waals surface area contributed by atoms with Gasteiger partial charge in [0.15, 0.2) is 11.5 Å². The summed E-state index contributed by atoms with van der Waals surface area (Å²) in [5.41, 5.74) is 1.29. The van der Waals surface area contributed by atoms with Crippen molar-refractivity contribution in [1.29, 1.82) is 0 Å². The van der Waals surface area contributed by atoms with Crippen molar-refractivity contribution in [3.8, 4) is 11.5 Å². The Morgan fingerprint density at radius 3 is 3.00 bits per heavy atom. The van der Waals surface area contributed by atoms with Crippen molar-refractivity contribution in [3.63, 3.8) is 0 Å². The van der Waals surface area contributed by atoms with Gasteiger partial charge in [-0.25, -0.2) is 0 Å². The second kappa shape index (κ2) is 5.87. The summed E-state index contributed by atoms with van der Waals surface area (Å²) in [6.07, 6.45) is 4.91. The smallest absolute Gasteiger partial charge is 0.231 e. The zero-order valence-electron chi connectivity index (χ0n) is 13.9. The molecule has 126 valence electrons. The highest BCUT2D eigenvalue weighted by atomic mass is 32.2. The van der Waals surface area contributed by atoms with E-state index >= 15 is 0 Å². The number of methoxy groups -OCH3 is 1. The number of ether oxygens (including phenoxy) is 3. The van der Waals surface area contributed by atoms with Crippen LogP contribution in [0.25, 0.3) is 0 Å². The first-order chi connectivity index (χ1) is 11.2. The third kappa shape index (κ3) is 2.28. The maximum atomic E-state index is 5.76. The fourth-order valence-electron chi connectivity index (χ4n) is 4.68. The molecule has 4 nitrogen and oxygen atoms in total. The summed E-state index contributed by atoms with van der Waals surface area (Å²) in [6.45, 7) is 3.66. The zero-order chi connectivity index (χ0) is 15.9. The van der Waals surface area contributed by atoms with Crippen LogP contribution in [-0.4, -0.2) is 37.1 Å². The summed E-state index contributed by atoms with van der Waals surface area (Å²) >= 11 is 2.12. The van der Waals surface area contributed by atoms with Gasteiger partial charge in [0.25, 0.3) is 0 Å². The topological polar surface area (TPSA) is 39.7 Å². The van der Waals surface area contributed by atoms with E-state index in [1.54, 1.807) is 0 Å². The van der Waals surface area contributed by atoms with Crippen molar-refractivity contribution < 1.29 is 14.2 Å². The molecule has 0 amide bonds. The Hall–Kier alpha value is -0.910. The van der Waals surface area contributed by atoms with E-state index in [0.29, 0.717) is 12.9 Å². The Labute approximate surface area is 142 Å². The van der Waals surface area contributed by atoms with E-state index in [0.717, 1.165) is 36.6 Å². The van der Waals surface area contributed by atoms with E-state index in [4.69, 9.17) is 14.2 Å². The Morgan fingerprint density at radius 1 is 1.30 bits per heavy atom. The van der Waals surface area contributed by atoms with Crippen molar-refractivity contribution >= 4 is 11.8 Å². The first-order valence-electron chi connectivity index (χ1n) is 8.55. The first kappa shape index (κ1) is 15.6. The van der Waals surface area contributed by atoms with Crippen LogP contribution in [0.5, 0.6) is 11.5 Å². The molecular formula is C18H25NO3S. The summed E-state index contributed by atoms with van der Waals surface area (Å²) in [5.74, 6) is 2.88. The number of rotatable bonds is 4. The van der Waals surface area contributed by atoms with E-state index in [1.165, 1.54) is 18.4 Å². The van der Waals surface area contributed by atoms with Crippen LogP contribution in [-0.2, 0) is 10.3 Å². The molecule has 0 spiro atoms. The fraction of sp³-hybridized carbons (Fsp3) is 0.667. The van der Waals surface area contributed by atoms with Gasteiger partial charge in [0, 0.05) is 11.9 Å².